The van der Waals surface area contributed by atoms with E-state index in [0.717, 1.165) is 18.4 Å². The van der Waals surface area contributed by atoms with Gasteiger partial charge in [-0.05, 0) is 50.8 Å². The Labute approximate surface area is 201 Å². The molecule has 3 N–H and O–H groups in total. The highest BCUT2D eigenvalue weighted by Crippen LogP contribution is 2.34. The topological polar surface area (TPSA) is 108 Å². The number of benzene rings is 1. The van der Waals surface area contributed by atoms with Gasteiger partial charge in [0.25, 0.3) is 5.91 Å². The number of aromatic nitrogens is 2. The van der Waals surface area contributed by atoms with Gasteiger partial charge >= 0.3 is 6.03 Å². The minimum absolute atomic E-state index is 0.138. The maximum absolute atomic E-state index is 13.2. The lowest BCUT2D eigenvalue weighted by Gasteiger charge is -2.22. The molecule has 1 aliphatic heterocycles. The van der Waals surface area contributed by atoms with Gasteiger partial charge in [0.05, 0.1) is 34.6 Å². The molecule has 5 rings (SSSR count). The van der Waals surface area contributed by atoms with E-state index >= 15 is 0 Å². The van der Waals surface area contributed by atoms with E-state index < -0.39 is 6.10 Å². The molecule has 0 unspecified atom stereocenters. The van der Waals surface area contributed by atoms with E-state index in [2.05, 4.69) is 15.7 Å². The van der Waals surface area contributed by atoms with Gasteiger partial charge in [-0.25, -0.2) is 9.31 Å². The highest BCUT2D eigenvalue weighted by atomic mass is 35.5. The van der Waals surface area contributed by atoms with Crippen molar-refractivity contribution in [2.24, 2.45) is 0 Å². The summed E-state index contributed by atoms with van der Waals surface area (Å²) in [5, 5.41) is 20.3. The number of ether oxygens (including phenoxy) is 1. The highest BCUT2D eigenvalue weighted by Gasteiger charge is 2.34. The SMILES string of the molecule is Cc1c(C(=O)N2CC[C@@H](O)[C@H]2C)cn2nccc(Oc3ccc(NC(=O)NC4CC4)c(Cl)c3)c12. The molecule has 1 saturated heterocycles. The van der Waals surface area contributed by atoms with Gasteiger partial charge in [-0.3, -0.25) is 4.79 Å². The minimum Gasteiger partial charge on any atom is -0.455 e. The van der Waals surface area contributed by atoms with E-state index in [1.54, 1.807) is 46.1 Å². The van der Waals surface area contributed by atoms with Crippen LogP contribution >= 0.6 is 11.6 Å². The number of likely N-dealkylation sites (tertiary alicyclic amines) is 1. The number of aliphatic hydroxyl groups is 1. The number of nitrogens with one attached hydrogen (secondary N) is 2. The standard InChI is InChI=1S/C24H26ClN5O4/c1-13-17(23(32)29-10-8-20(31)14(29)2)12-30-22(13)21(7-9-26-30)34-16-5-6-19(18(25)11-16)28-24(33)27-15-3-4-15/h5-7,9,11-12,14-15,20,31H,3-4,8,10H2,1-2H3,(H2,27,28,33)/t14-,20-/m1/s1. The van der Waals surface area contributed by atoms with Crippen molar-refractivity contribution in [1.82, 2.24) is 19.8 Å². The van der Waals surface area contributed by atoms with Crippen LogP contribution in [0.4, 0.5) is 10.5 Å². The molecule has 1 aromatic carbocycles. The number of carbonyl (C=O) groups excluding carboxylic acids is 2. The van der Waals surface area contributed by atoms with Crippen LogP contribution in [0.1, 0.15) is 42.1 Å². The first-order valence-corrected chi connectivity index (χ1v) is 11.7. The Morgan fingerprint density at radius 1 is 1.24 bits per heavy atom. The first kappa shape index (κ1) is 22.5. The van der Waals surface area contributed by atoms with E-state index in [1.165, 1.54) is 0 Å². The zero-order chi connectivity index (χ0) is 24.0. The fourth-order valence-electron chi connectivity index (χ4n) is 4.25. The first-order chi connectivity index (χ1) is 16.3. The molecule has 3 aromatic rings. The molecular weight excluding hydrogens is 458 g/mol. The largest absolute Gasteiger partial charge is 0.455 e. The summed E-state index contributed by atoms with van der Waals surface area (Å²) in [6.07, 6.45) is 5.34. The second-order valence-corrected chi connectivity index (χ2v) is 9.28. The lowest BCUT2D eigenvalue weighted by Crippen LogP contribution is -2.37. The minimum atomic E-state index is -0.514. The third-order valence-corrected chi connectivity index (χ3v) is 6.74. The molecule has 2 atom stereocenters. The molecule has 178 valence electrons. The number of urea groups is 1. The lowest BCUT2D eigenvalue weighted by atomic mass is 10.1. The predicted octanol–water partition coefficient (Wildman–Crippen LogP) is 3.97. The third-order valence-electron chi connectivity index (χ3n) is 6.42. The smallest absolute Gasteiger partial charge is 0.319 e. The quantitative estimate of drug-likeness (QED) is 0.509. The van der Waals surface area contributed by atoms with E-state index in [0.29, 0.717) is 46.3 Å². The van der Waals surface area contributed by atoms with Crippen LogP contribution in [0.15, 0.2) is 36.7 Å². The second-order valence-electron chi connectivity index (χ2n) is 8.87. The number of halogens is 1. The van der Waals surface area contributed by atoms with Crippen LogP contribution < -0.4 is 15.4 Å². The van der Waals surface area contributed by atoms with Crippen molar-refractivity contribution in [3.8, 4) is 11.5 Å². The van der Waals surface area contributed by atoms with Crippen LogP contribution in [0.25, 0.3) is 5.52 Å². The maximum atomic E-state index is 13.2. The Morgan fingerprint density at radius 2 is 2.03 bits per heavy atom. The van der Waals surface area contributed by atoms with Gasteiger partial charge in [-0.2, -0.15) is 5.10 Å². The van der Waals surface area contributed by atoms with Crippen molar-refractivity contribution in [1.29, 1.82) is 0 Å². The Bertz CT molecular complexity index is 1270. The van der Waals surface area contributed by atoms with E-state index in [1.807, 2.05) is 13.8 Å². The second kappa shape index (κ2) is 8.81. The average molecular weight is 484 g/mol. The number of carbonyl (C=O) groups is 2. The highest BCUT2D eigenvalue weighted by molar-refractivity contribution is 6.33. The summed E-state index contributed by atoms with van der Waals surface area (Å²) in [5.74, 6) is 0.862. The molecule has 2 fully saturated rings. The first-order valence-electron chi connectivity index (χ1n) is 11.3. The number of aryl methyl sites for hydroxylation is 1. The third kappa shape index (κ3) is 4.28. The summed E-state index contributed by atoms with van der Waals surface area (Å²) in [5.41, 5.74) is 2.41. The Kier molecular flexibility index (Phi) is 5.83. The van der Waals surface area contributed by atoms with Crippen molar-refractivity contribution in [3.63, 3.8) is 0 Å². The summed E-state index contributed by atoms with van der Waals surface area (Å²) in [6, 6.07) is 6.48. The van der Waals surface area contributed by atoms with Crippen molar-refractivity contribution in [3.05, 3.63) is 52.8 Å². The number of hydrogen-bond acceptors (Lipinski definition) is 5. The van der Waals surface area contributed by atoms with E-state index in [4.69, 9.17) is 16.3 Å². The van der Waals surface area contributed by atoms with Gasteiger partial charge in [0, 0.05) is 30.9 Å². The Morgan fingerprint density at radius 3 is 2.71 bits per heavy atom. The van der Waals surface area contributed by atoms with E-state index in [-0.39, 0.29) is 24.0 Å². The molecule has 0 bridgehead atoms. The van der Waals surface area contributed by atoms with E-state index in [9.17, 15) is 14.7 Å². The van der Waals surface area contributed by atoms with Crippen LogP contribution in [-0.4, -0.2) is 56.3 Å². The molecule has 9 nitrogen and oxygen atoms in total. The molecule has 3 amide bonds. The van der Waals surface area contributed by atoms with Crippen LogP contribution in [0.3, 0.4) is 0 Å². The lowest BCUT2D eigenvalue weighted by molar-refractivity contribution is 0.0666. The van der Waals surface area contributed by atoms with Crippen LogP contribution in [-0.2, 0) is 0 Å². The number of rotatable bonds is 5. The summed E-state index contributed by atoms with van der Waals surface area (Å²) in [6.45, 7) is 4.22. The molecule has 2 aliphatic rings. The van der Waals surface area contributed by atoms with Gasteiger partial charge in [0.15, 0.2) is 5.75 Å². The summed E-state index contributed by atoms with van der Waals surface area (Å²) in [4.78, 5) is 26.9. The fraction of sp³-hybridized carbons (Fsp3) is 0.375. The summed E-state index contributed by atoms with van der Waals surface area (Å²) < 4.78 is 7.73. The van der Waals surface area contributed by atoms with Gasteiger partial charge in [0.1, 0.15) is 11.3 Å². The van der Waals surface area contributed by atoms with Crippen LogP contribution in [0.2, 0.25) is 5.02 Å². The number of aliphatic hydroxyl groups excluding tert-OH is 1. The molecule has 1 aliphatic carbocycles. The Balaban J connectivity index is 1.38. The van der Waals surface area contributed by atoms with Gasteiger partial charge < -0.3 is 25.4 Å². The molecule has 0 radical (unpaired) electrons. The maximum Gasteiger partial charge on any atom is 0.319 e. The molecule has 0 spiro atoms. The number of nitrogens with zero attached hydrogens (tertiary/aromatic N) is 3. The number of hydrogen-bond donors (Lipinski definition) is 3. The van der Waals surface area contributed by atoms with Gasteiger partial charge in [-0.15, -0.1) is 0 Å². The number of fused-ring (bicyclic) bond motifs is 1. The normalized spacial score (nSPS) is 19.9. The molecule has 3 heterocycles. The zero-order valence-electron chi connectivity index (χ0n) is 18.9. The summed E-state index contributed by atoms with van der Waals surface area (Å²) >= 11 is 6.37. The average Bonchev–Trinajstić information content (AvgIpc) is 3.46. The van der Waals surface area contributed by atoms with Gasteiger partial charge in [-0.1, -0.05) is 11.6 Å². The van der Waals surface area contributed by atoms with Crippen LogP contribution in [0, 0.1) is 6.92 Å². The van der Waals surface area contributed by atoms with Crippen molar-refractivity contribution < 1.29 is 19.4 Å². The summed E-state index contributed by atoms with van der Waals surface area (Å²) in [7, 11) is 0. The Hall–Kier alpha value is -3.30. The monoisotopic (exact) mass is 483 g/mol. The van der Waals surface area contributed by atoms with Crippen molar-refractivity contribution in [2.75, 3.05) is 11.9 Å². The molecule has 10 heteroatoms. The number of anilines is 1. The zero-order valence-corrected chi connectivity index (χ0v) is 19.7. The predicted molar refractivity (Wildman–Crippen MR) is 128 cm³/mol. The van der Waals surface area contributed by atoms with Crippen LogP contribution in [0.5, 0.6) is 11.5 Å². The molecule has 1 saturated carbocycles. The van der Waals surface area contributed by atoms with Crippen molar-refractivity contribution >= 4 is 34.7 Å². The number of amides is 3. The van der Waals surface area contributed by atoms with Crippen molar-refractivity contribution in [2.45, 2.75) is 51.3 Å². The molecular formula is C24H26ClN5O4. The molecule has 34 heavy (non-hydrogen) atoms. The fourth-order valence-corrected chi connectivity index (χ4v) is 4.46. The molecule has 2 aromatic heterocycles. The van der Waals surface area contributed by atoms with Gasteiger partial charge in [0.2, 0.25) is 0 Å².